The molecule has 0 N–H and O–H groups in total. The predicted molar refractivity (Wildman–Crippen MR) is 119 cm³/mol. The van der Waals surface area contributed by atoms with Gasteiger partial charge in [0.2, 0.25) is 0 Å². The van der Waals surface area contributed by atoms with E-state index in [1.54, 1.807) is 0 Å². The number of aryl methyl sites for hydroxylation is 1. The van der Waals surface area contributed by atoms with E-state index in [0.717, 1.165) is 41.3 Å². The zero-order chi connectivity index (χ0) is 20.7. The van der Waals surface area contributed by atoms with Crippen LogP contribution in [0.1, 0.15) is 72.4 Å². The van der Waals surface area contributed by atoms with E-state index in [9.17, 15) is 4.79 Å². The highest BCUT2D eigenvalue weighted by Gasteiger charge is 2.48. The van der Waals surface area contributed by atoms with E-state index in [1.165, 1.54) is 5.56 Å². The van der Waals surface area contributed by atoms with Crippen LogP contribution in [0.2, 0.25) is 0 Å². The summed E-state index contributed by atoms with van der Waals surface area (Å²) in [4.78, 5) is 13.6. The summed E-state index contributed by atoms with van der Waals surface area (Å²) in [6.45, 7) is 15.0. The molecule has 1 aliphatic rings. The lowest BCUT2D eigenvalue weighted by atomic mass is 9.61. The van der Waals surface area contributed by atoms with Crippen LogP contribution in [0.15, 0.2) is 36.4 Å². The average Bonchev–Trinajstić information content (AvgIpc) is 2.59. The van der Waals surface area contributed by atoms with E-state index >= 15 is 0 Å². The number of rotatable bonds is 3. The van der Waals surface area contributed by atoms with Crippen molar-refractivity contribution < 1.29 is 9.53 Å². The van der Waals surface area contributed by atoms with Crippen molar-refractivity contribution in [2.75, 3.05) is 0 Å². The third kappa shape index (κ3) is 3.87. The third-order valence-corrected chi connectivity index (χ3v) is 6.18. The minimum atomic E-state index is -0.590. The molecule has 0 heterocycles. The van der Waals surface area contributed by atoms with Gasteiger partial charge in [-0.3, -0.25) is 4.79 Å². The molecule has 0 amide bonds. The Morgan fingerprint density at radius 2 is 1.71 bits per heavy atom. The van der Waals surface area contributed by atoms with Gasteiger partial charge in [-0.05, 0) is 48.0 Å². The molecule has 0 saturated heterocycles. The first kappa shape index (κ1) is 20.6. The molecule has 2 nitrogen and oxygen atoms in total. The fraction of sp³-hybridized carbons (Fsp3) is 0.500. The van der Waals surface area contributed by atoms with E-state index in [4.69, 9.17) is 4.74 Å². The SMILES string of the molecule is CC(C)(C)CC(C)(C(=O)Oc1c2c(cc3ccccc13)CCC=C2)C(C)(C)C. The molecule has 0 spiro atoms. The molecular weight excluding hydrogens is 344 g/mol. The van der Waals surface area contributed by atoms with Gasteiger partial charge >= 0.3 is 5.97 Å². The van der Waals surface area contributed by atoms with Gasteiger partial charge in [-0.2, -0.15) is 0 Å². The quantitative estimate of drug-likeness (QED) is 0.417. The Hall–Kier alpha value is -2.09. The normalized spacial score (nSPS) is 16.5. The largest absolute Gasteiger partial charge is 0.425 e. The van der Waals surface area contributed by atoms with Crippen molar-refractivity contribution in [1.82, 2.24) is 0 Å². The number of carbonyl (C=O) groups excluding carboxylic acids is 1. The van der Waals surface area contributed by atoms with Crippen LogP contribution in [0.3, 0.4) is 0 Å². The standard InChI is InChI=1S/C26H34O2/c1-24(2,3)17-26(7,25(4,5)6)23(27)28-22-20-14-10-8-12-18(20)16-19-13-9-11-15-21(19)22/h8,10-12,14-16H,9,13,17H2,1-7H3. The van der Waals surface area contributed by atoms with E-state index in [1.807, 2.05) is 12.1 Å². The Kier molecular flexibility index (Phi) is 5.20. The van der Waals surface area contributed by atoms with Crippen LogP contribution in [-0.2, 0) is 11.2 Å². The fourth-order valence-corrected chi connectivity index (χ4v) is 4.24. The highest BCUT2D eigenvalue weighted by atomic mass is 16.5. The minimum Gasteiger partial charge on any atom is -0.425 e. The number of carbonyl (C=O) groups is 1. The van der Waals surface area contributed by atoms with Gasteiger partial charge in [0, 0.05) is 10.9 Å². The molecular formula is C26H34O2. The van der Waals surface area contributed by atoms with Crippen LogP contribution >= 0.6 is 0 Å². The van der Waals surface area contributed by atoms with Gasteiger partial charge in [-0.1, -0.05) is 84.0 Å². The Labute approximate surface area is 170 Å². The fourth-order valence-electron chi connectivity index (χ4n) is 4.24. The smallest absolute Gasteiger partial charge is 0.317 e. The molecule has 2 heteroatoms. The zero-order valence-electron chi connectivity index (χ0n) is 18.5. The van der Waals surface area contributed by atoms with Crippen LogP contribution in [0, 0.1) is 16.2 Å². The second-order valence-corrected chi connectivity index (χ2v) is 10.6. The van der Waals surface area contributed by atoms with Gasteiger partial charge in [0.05, 0.1) is 5.41 Å². The Morgan fingerprint density at radius 1 is 1.04 bits per heavy atom. The van der Waals surface area contributed by atoms with E-state index in [0.29, 0.717) is 0 Å². The van der Waals surface area contributed by atoms with E-state index in [2.05, 4.69) is 78.8 Å². The topological polar surface area (TPSA) is 26.3 Å². The van der Waals surface area contributed by atoms with Crippen molar-refractivity contribution in [3.63, 3.8) is 0 Å². The van der Waals surface area contributed by atoms with Crippen molar-refractivity contribution in [3.05, 3.63) is 47.5 Å². The molecule has 150 valence electrons. The minimum absolute atomic E-state index is 0.0269. The molecule has 1 unspecified atom stereocenters. The van der Waals surface area contributed by atoms with Gasteiger partial charge in [0.15, 0.2) is 0 Å². The lowest BCUT2D eigenvalue weighted by Crippen LogP contribution is -2.45. The zero-order valence-corrected chi connectivity index (χ0v) is 18.5. The summed E-state index contributed by atoms with van der Waals surface area (Å²) >= 11 is 0. The number of hydrogen-bond acceptors (Lipinski definition) is 2. The van der Waals surface area contributed by atoms with Crippen LogP contribution < -0.4 is 4.74 Å². The average molecular weight is 379 g/mol. The first-order chi connectivity index (χ1) is 12.9. The third-order valence-electron chi connectivity index (χ3n) is 6.18. The van der Waals surface area contributed by atoms with Gasteiger partial charge in [0.1, 0.15) is 5.75 Å². The number of allylic oxidation sites excluding steroid dienone is 1. The monoisotopic (exact) mass is 378 g/mol. The highest BCUT2D eigenvalue weighted by molar-refractivity contribution is 5.96. The second kappa shape index (κ2) is 7.06. The highest BCUT2D eigenvalue weighted by Crippen LogP contribution is 2.48. The van der Waals surface area contributed by atoms with Crippen molar-refractivity contribution in [2.45, 2.75) is 67.7 Å². The molecule has 0 aliphatic heterocycles. The second-order valence-electron chi connectivity index (χ2n) is 10.6. The summed E-state index contributed by atoms with van der Waals surface area (Å²) in [6.07, 6.45) is 7.08. The van der Waals surface area contributed by atoms with Crippen LogP contribution in [-0.4, -0.2) is 5.97 Å². The summed E-state index contributed by atoms with van der Waals surface area (Å²) in [5.74, 6) is 0.589. The molecule has 0 radical (unpaired) electrons. The Bertz CT molecular complexity index is 922. The summed E-state index contributed by atoms with van der Waals surface area (Å²) in [5.41, 5.74) is 1.55. The molecule has 0 bridgehead atoms. The maximum atomic E-state index is 13.6. The van der Waals surface area contributed by atoms with E-state index in [-0.39, 0.29) is 16.8 Å². The Morgan fingerprint density at radius 3 is 2.36 bits per heavy atom. The molecule has 1 aliphatic carbocycles. The van der Waals surface area contributed by atoms with Gasteiger partial charge in [-0.25, -0.2) is 0 Å². The molecule has 2 aromatic rings. The van der Waals surface area contributed by atoms with Gasteiger partial charge in [0.25, 0.3) is 0 Å². The number of fused-ring (bicyclic) bond motifs is 2. The van der Waals surface area contributed by atoms with Gasteiger partial charge < -0.3 is 4.74 Å². The summed E-state index contributed by atoms with van der Waals surface area (Å²) in [5, 5.41) is 2.14. The van der Waals surface area contributed by atoms with Crippen molar-refractivity contribution >= 4 is 22.8 Å². The lowest BCUT2D eigenvalue weighted by molar-refractivity contribution is -0.154. The summed E-state index contributed by atoms with van der Waals surface area (Å²) in [6, 6.07) is 10.4. The van der Waals surface area contributed by atoms with Crippen molar-refractivity contribution in [3.8, 4) is 5.75 Å². The Balaban J connectivity index is 2.11. The van der Waals surface area contributed by atoms with Crippen molar-refractivity contribution in [2.24, 2.45) is 16.2 Å². The van der Waals surface area contributed by atoms with Crippen LogP contribution in [0.4, 0.5) is 0 Å². The maximum absolute atomic E-state index is 13.6. The molecule has 0 saturated carbocycles. The van der Waals surface area contributed by atoms with Crippen molar-refractivity contribution in [1.29, 1.82) is 0 Å². The lowest BCUT2D eigenvalue weighted by Gasteiger charge is -2.43. The molecule has 3 rings (SSSR count). The molecule has 1 atom stereocenters. The molecule has 2 aromatic carbocycles. The van der Waals surface area contributed by atoms with E-state index < -0.39 is 5.41 Å². The number of benzene rings is 2. The predicted octanol–water partition coefficient (Wildman–Crippen LogP) is 7.19. The molecule has 28 heavy (non-hydrogen) atoms. The maximum Gasteiger partial charge on any atom is 0.317 e. The van der Waals surface area contributed by atoms with Gasteiger partial charge in [-0.15, -0.1) is 0 Å². The summed E-state index contributed by atoms with van der Waals surface area (Å²) < 4.78 is 6.27. The first-order valence-corrected chi connectivity index (χ1v) is 10.4. The van der Waals surface area contributed by atoms with Crippen LogP contribution in [0.5, 0.6) is 5.75 Å². The summed E-state index contributed by atoms with van der Waals surface area (Å²) in [7, 11) is 0. The van der Waals surface area contributed by atoms with Crippen LogP contribution in [0.25, 0.3) is 16.8 Å². The number of ether oxygens (including phenoxy) is 1. The first-order valence-electron chi connectivity index (χ1n) is 10.4. The molecule has 0 fully saturated rings. The molecule has 0 aromatic heterocycles. The number of esters is 1. The number of hydrogen-bond donors (Lipinski definition) is 0.